The summed E-state index contributed by atoms with van der Waals surface area (Å²) < 4.78 is 29.3. The summed E-state index contributed by atoms with van der Waals surface area (Å²) in [4.78, 5) is 2.45. The van der Waals surface area contributed by atoms with Crippen LogP contribution in [-0.4, -0.2) is 31.1 Å². The van der Waals surface area contributed by atoms with Crippen LogP contribution in [0.4, 0.5) is 7.77 Å². The Hall–Kier alpha value is -1.43. The fourth-order valence-electron chi connectivity index (χ4n) is 4.46. The summed E-state index contributed by atoms with van der Waals surface area (Å²) in [6.45, 7) is 3.81. The zero-order valence-corrected chi connectivity index (χ0v) is 14.1. The summed E-state index contributed by atoms with van der Waals surface area (Å²) in [5.74, 6) is 0. The van der Waals surface area contributed by atoms with E-state index < -0.39 is 21.3 Å². The van der Waals surface area contributed by atoms with E-state index >= 15 is 0 Å². The van der Waals surface area contributed by atoms with Gasteiger partial charge in [-0.1, -0.05) is 48.5 Å². The average molecular weight is 346 g/mol. The Morgan fingerprint density at radius 2 is 1.25 bits per heavy atom. The van der Waals surface area contributed by atoms with Gasteiger partial charge in [0.2, 0.25) is 0 Å². The molecule has 1 unspecified atom stereocenters. The monoisotopic (exact) mass is 346 g/mol. The molecule has 0 amide bonds. The van der Waals surface area contributed by atoms with Gasteiger partial charge in [-0.3, -0.25) is 4.90 Å². The van der Waals surface area contributed by atoms with E-state index in [2.05, 4.69) is 22.3 Å². The molecule has 2 aromatic carbocycles. The number of nitrogens with one attached hydrogen (secondary N) is 1. The summed E-state index contributed by atoms with van der Waals surface area (Å²) in [6, 6.07) is 15.9. The van der Waals surface area contributed by atoms with E-state index in [0.717, 1.165) is 48.4 Å². The van der Waals surface area contributed by atoms with Crippen molar-refractivity contribution in [2.75, 3.05) is 26.2 Å². The van der Waals surface area contributed by atoms with E-state index in [1.807, 2.05) is 36.4 Å². The lowest BCUT2D eigenvalue weighted by Gasteiger charge is -2.37. The molecule has 3 atom stereocenters. The minimum absolute atomic E-state index is 0.0995. The SMILES string of the molecule is FS1(F)[C@@H]2c3ccccc3C(N3CCNCC3)c3ccccc3[C@@H]21. The van der Waals surface area contributed by atoms with E-state index in [9.17, 15) is 7.77 Å². The molecule has 1 aliphatic carbocycles. The lowest BCUT2D eigenvalue weighted by atomic mass is 9.92. The standard InChI is InChI=1S/C19H20F2N2S/c20-24(21)18-15-7-3-1-5-13(15)17(23-11-9-22-10-12-23)14-6-2-4-8-16(14)19(18)24/h1-8,17-19,22H,9-12H2/t17?,18-,19+. The number of fused-ring (bicyclic) bond motifs is 5. The Morgan fingerprint density at radius 1 is 0.792 bits per heavy atom. The van der Waals surface area contributed by atoms with Gasteiger partial charge in [0.15, 0.2) is 0 Å². The van der Waals surface area contributed by atoms with Crippen molar-refractivity contribution in [3.8, 4) is 0 Å². The Kier molecular flexibility index (Phi) is 3.27. The third-order valence-electron chi connectivity index (χ3n) is 5.59. The van der Waals surface area contributed by atoms with Crippen molar-refractivity contribution in [2.45, 2.75) is 16.5 Å². The first-order valence-corrected chi connectivity index (χ1v) is 10.1. The number of rotatable bonds is 1. The highest BCUT2D eigenvalue weighted by Crippen LogP contribution is 2.94. The molecule has 0 spiro atoms. The molecule has 5 rings (SSSR count). The molecule has 2 aliphatic heterocycles. The highest BCUT2D eigenvalue weighted by atomic mass is 32.3. The number of halogens is 2. The Morgan fingerprint density at radius 3 is 1.75 bits per heavy atom. The lowest BCUT2D eigenvalue weighted by Crippen LogP contribution is -2.45. The second-order valence-corrected chi connectivity index (χ2v) is 8.96. The Labute approximate surface area is 142 Å². The van der Waals surface area contributed by atoms with E-state index in [4.69, 9.17) is 0 Å². The van der Waals surface area contributed by atoms with Crippen LogP contribution in [-0.2, 0) is 0 Å². The molecule has 5 heteroatoms. The van der Waals surface area contributed by atoms with Crippen LogP contribution in [0.3, 0.4) is 0 Å². The maximum Gasteiger partial charge on any atom is 0.0875 e. The predicted molar refractivity (Wildman–Crippen MR) is 94.5 cm³/mol. The van der Waals surface area contributed by atoms with Crippen LogP contribution in [0.25, 0.3) is 0 Å². The third kappa shape index (κ3) is 2.01. The molecule has 2 saturated heterocycles. The zero-order valence-electron chi connectivity index (χ0n) is 13.3. The quantitative estimate of drug-likeness (QED) is 0.772. The van der Waals surface area contributed by atoms with Gasteiger partial charge < -0.3 is 5.32 Å². The number of nitrogens with zero attached hydrogens (tertiary/aromatic N) is 1. The Bertz CT molecular complexity index is 733. The Balaban J connectivity index is 1.73. The number of piperazine rings is 1. The van der Waals surface area contributed by atoms with Gasteiger partial charge in [-0.15, -0.1) is 0 Å². The molecule has 0 saturated carbocycles. The first-order valence-electron chi connectivity index (χ1n) is 8.52. The molecule has 24 heavy (non-hydrogen) atoms. The minimum atomic E-state index is -3.57. The molecule has 1 N–H and O–H groups in total. The maximum absolute atomic E-state index is 14.7. The fourth-order valence-corrected chi connectivity index (χ4v) is 6.63. The van der Waals surface area contributed by atoms with Crippen LogP contribution in [0, 0.1) is 0 Å². The topological polar surface area (TPSA) is 15.3 Å². The molecule has 0 bridgehead atoms. The van der Waals surface area contributed by atoms with Crippen molar-refractivity contribution in [2.24, 2.45) is 0 Å². The van der Waals surface area contributed by atoms with Crippen molar-refractivity contribution in [3.63, 3.8) is 0 Å². The first-order chi connectivity index (χ1) is 11.7. The van der Waals surface area contributed by atoms with Gasteiger partial charge in [0.1, 0.15) is 0 Å². The minimum Gasteiger partial charge on any atom is -0.314 e. The molecule has 2 heterocycles. The van der Waals surface area contributed by atoms with Crippen LogP contribution < -0.4 is 5.32 Å². The summed E-state index contributed by atoms with van der Waals surface area (Å²) in [5, 5.41) is 2.23. The largest absolute Gasteiger partial charge is 0.314 e. The van der Waals surface area contributed by atoms with E-state index in [1.54, 1.807) is 0 Å². The zero-order chi connectivity index (χ0) is 16.3. The van der Waals surface area contributed by atoms with Crippen molar-refractivity contribution < 1.29 is 7.77 Å². The molecular weight excluding hydrogens is 326 g/mol. The smallest absolute Gasteiger partial charge is 0.0875 e. The molecule has 0 radical (unpaired) electrons. The van der Waals surface area contributed by atoms with Gasteiger partial charge in [-0.05, 0) is 22.3 Å². The molecule has 3 aliphatic rings. The maximum atomic E-state index is 14.7. The van der Waals surface area contributed by atoms with Crippen LogP contribution >= 0.6 is 10.8 Å². The van der Waals surface area contributed by atoms with Crippen LogP contribution in [0.15, 0.2) is 48.5 Å². The van der Waals surface area contributed by atoms with Gasteiger partial charge in [-0.25, -0.2) is 0 Å². The second-order valence-electron chi connectivity index (χ2n) is 6.84. The molecule has 2 nitrogen and oxygen atoms in total. The van der Waals surface area contributed by atoms with Crippen molar-refractivity contribution in [1.29, 1.82) is 0 Å². The van der Waals surface area contributed by atoms with Crippen molar-refractivity contribution >= 4 is 10.8 Å². The summed E-state index contributed by atoms with van der Waals surface area (Å²) in [5.41, 5.74) is 3.93. The summed E-state index contributed by atoms with van der Waals surface area (Å²) in [7, 11) is -3.57. The second kappa shape index (κ2) is 5.28. The van der Waals surface area contributed by atoms with Crippen molar-refractivity contribution in [3.05, 3.63) is 70.8 Å². The lowest BCUT2D eigenvalue weighted by molar-refractivity contribution is 0.198. The van der Waals surface area contributed by atoms with Gasteiger partial charge in [-0.2, -0.15) is 7.77 Å². The van der Waals surface area contributed by atoms with E-state index in [0.29, 0.717) is 0 Å². The first kappa shape index (κ1) is 14.9. The van der Waals surface area contributed by atoms with E-state index in [1.165, 1.54) is 0 Å². The highest BCUT2D eigenvalue weighted by molar-refractivity contribution is 8.31. The number of hydrogen-bond donors (Lipinski definition) is 1. The number of benzene rings is 2. The molecule has 2 aromatic rings. The van der Waals surface area contributed by atoms with Crippen molar-refractivity contribution in [1.82, 2.24) is 10.2 Å². The average Bonchev–Trinajstić information content (AvgIpc) is 3.22. The fraction of sp³-hybridized carbons (Fsp3) is 0.368. The van der Waals surface area contributed by atoms with Crippen LogP contribution in [0.1, 0.15) is 38.8 Å². The van der Waals surface area contributed by atoms with E-state index in [-0.39, 0.29) is 6.04 Å². The van der Waals surface area contributed by atoms with Crippen LogP contribution in [0.5, 0.6) is 0 Å². The summed E-state index contributed by atoms with van der Waals surface area (Å²) >= 11 is 0. The van der Waals surface area contributed by atoms with Gasteiger partial charge >= 0.3 is 0 Å². The van der Waals surface area contributed by atoms with Gasteiger partial charge in [0, 0.05) is 26.2 Å². The number of hydrogen-bond acceptors (Lipinski definition) is 2. The molecule has 126 valence electrons. The summed E-state index contributed by atoms with van der Waals surface area (Å²) in [6.07, 6.45) is 0. The third-order valence-corrected chi connectivity index (χ3v) is 7.68. The molecular formula is C19H20F2N2S. The predicted octanol–water partition coefficient (Wildman–Crippen LogP) is 4.36. The van der Waals surface area contributed by atoms with Gasteiger partial charge in [0.05, 0.1) is 27.3 Å². The van der Waals surface area contributed by atoms with Crippen LogP contribution in [0.2, 0.25) is 0 Å². The molecule has 0 aromatic heterocycles. The normalized spacial score (nSPS) is 32.0. The molecule has 2 fully saturated rings. The highest BCUT2D eigenvalue weighted by Gasteiger charge is 2.67. The van der Waals surface area contributed by atoms with Gasteiger partial charge in [0.25, 0.3) is 0 Å².